The van der Waals surface area contributed by atoms with Crippen LogP contribution in [0.3, 0.4) is 0 Å². The van der Waals surface area contributed by atoms with Crippen LogP contribution in [0.5, 0.6) is 0 Å². The van der Waals surface area contributed by atoms with E-state index in [9.17, 15) is 9.90 Å². The van der Waals surface area contributed by atoms with Gasteiger partial charge in [-0.15, -0.1) is 0 Å². The number of aliphatic hydroxyl groups excluding tert-OH is 1. The van der Waals surface area contributed by atoms with Crippen molar-refractivity contribution in [2.75, 3.05) is 19.0 Å². The van der Waals surface area contributed by atoms with Gasteiger partial charge in [-0.2, -0.15) is 0 Å². The zero-order valence-electron chi connectivity index (χ0n) is 9.87. The largest absolute Gasteiger partial charge is 0.469 e. The number of methoxy groups -OCH3 is 1. The Morgan fingerprint density at radius 3 is 2.94 bits per heavy atom. The summed E-state index contributed by atoms with van der Waals surface area (Å²) in [6, 6.07) is 5.49. The van der Waals surface area contributed by atoms with E-state index in [0.29, 0.717) is 5.02 Å². The highest BCUT2D eigenvalue weighted by Gasteiger charge is 2.11. The molecule has 0 radical (unpaired) electrons. The van der Waals surface area contributed by atoms with E-state index in [1.807, 2.05) is 19.1 Å². The molecule has 0 bridgehead atoms. The average molecular weight is 258 g/mol. The second-order valence-corrected chi connectivity index (χ2v) is 4.13. The SMILES string of the molecule is COC(=O)CC(O)CNc1cccc(Cl)c1C. The predicted octanol–water partition coefficient (Wildman–Crippen LogP) is 1.98. The lowest BCUT2D eigenvalue weighted by atomic mass is 10.2. The number of halogens is 1. The number of hydrogen-bond donors (Lipinski definition) is 2. The predicted molar refractivity (Wildman–Crippen MR) is 67.3 cm³/mol. The Morgan fingerprint density at radius 1 is 1.59 bits per heavy atom. The van der Waals surface area contributed by atoms with Crippen LogP contribution in [0.1, 0.15) is 12.0 Å². The highest BCUT2D eigenvalue weighted by atomic mass is 35.5. The van der Waals surface area contributed by atoms with Crippen molar-refractivity contribution in [1.82, 2.24) is 0 Å². The summed E-state index contributed by atoms with van der Waals surface area (Å²) in [6.45, 7) is 2.16. The van der Waals surface area contributed by atoms with Gasteiger partial charge in [-0.3, -0.25) is 4.79 Å². The van der Waals surface area contributed by atoms with E-state index in [1.54, 1.807) is 6.07 Å². The highest BCUT2D eigenvalue weighted by molar-refractivity contribution is 6.31. The summed E-state index contributed by atoms with van der Waals surface area (Å²) < 4.78 is 4.47. The fourth-order valence-electron chi connectivity index (χ4n) is 1.37. The van der Waals surface area contributed by atoms with Crippen molar-refractivity contribution >= 4 is 23.3 Å². The highest BCUT2D eigenvalue weighted by Crippen LogP contribution is 2.22. The van der Waals surface area contributed by atoms with Gasteiger partial charge in [-0.1, -0.05) is 17.7 Å². The Hall–Kier alpha value is -1.26. The first kappa shape index (κ1) is 13.8. The number of benzene rings is 1. The molecule has 17 heavy (non-hydrogen) atoms. The summed E-state index contributed by atoms with van der Waals surface area (Å²) in [4.78, 5) is 10.9. The topological polar surface area (TPSA) is 58.6 Å². The lowest BCUT2D eigenvalue weighted by Gasteiger charge is -2.14. The number of carbonyl (C=O) groups excluding carboxylic acids is 1. The molecule has 0 aliphatic heterocycles. The number of aliphatic hydroxyl groups is 1. The van der Waals surface area contributed by atoms with Crippen molar-refractivity contribution in [3.8, 4) is 0 Å². The molecule has 1 unspecified atom stereocenters. The number of nitrogens with one attached hydrogen (secondary N) is 1. The van der Waals surface area contributed by atoms with Crippen LogP contribution >= 0.6 is 11.6 Å². The van der Waals surface area contributed by atoms with Crippen LogP contribution in [0.25, 0.3) is 0 Å². The van der Waals surface area contributed by atoms with Gasteiger partial charge in [-0.05, 0) is 24.6 Å². The molecule has 0 fully saturated rings. The molecule has 0 aliphatic rings. The minimum atomic E-state index is -0.777. The maximum atomic E-state index is 10.9. The van der Waals surface area contributed by atoms with E-state index >= 15 is 0 Å². The molecule has 0 heterocycles. The molecule has 0 amide bonds. The fourth-order valence-corrected chi connectivity index (χ4v) is 1.55. The van der Waals surface area contributed by atoms with Gasteiger partial charge >= 0.3 is 5.97 Å². The third-order valence-electron chi connectivity index (χ3n) is 2.43. The van der Waals surface area contributed by atoms with Gasteiger partial charge in [0.05, 0.1) is 19.6 Å². The van der Waals surface area contributed by atoms with Crippen LogP contribution in [0.4, 0.5) is 5.69 Å². The molecule has 1 aromatic rings. The molecular formula is C12H16ClNO3. The number of esters is 1. The van der Waals surface area contributed by atoms with Crippen molar-refractivity contribution < 1.29 is 14.6 Å². The molecule has 5 heteroatoms. The zero-order chi connectivity index (χ0) is 12.8. The van der Waals surface area contributed by atoms with Gasteiger partial charge in [0.1, 0.15) is 0 Å². The first-order valence-electron chi connectivity index (χ1n) is 5.28. The van der Waals surface area contributed by atoms with Crippen LogP contribution in [0.15, 0.2) is 18.2 Å². The summed E-state index contributed by atoms with van der Waals surface area (Å²) in [5.74, 6) is -0.429. The van der Waals surface area contributed by atoms with Crippen LogP contribution in [-0.4, -0.2) is 30.8 Å². The molecule has 2 N–H and O–H groups in total. The maximum absolute atomic E-state index is 10.9. The van der Waals surface area contributed by atoms with Crippen LogP contribution < -0.4 is 5.32 Å². The minimum absolute atomic E-state index is 0.0247. The first-order chi connectivity index (χ1) is 8.04. The molecule has 0 spiro atoms. The summed E-state index contributed by atoms with van der Waals surface area (Å²) in [5, 5.41) is 13.3. The minimum Gasteiger partial charge on any atom is -0.469 e. The second-order valence-electron chi connectivity index (χ2n) is 3.73. The van der Waals surface area contributed by atoms with Crippen molar-refractivity contribution in [3.63, 3.8) is 0 Å². The Labute approximate surface area is 106 Å². The summed E-state index contributed by atoms with van der Waals surface area (Å²) >= 11 is 5.96. The second kappa shape index (κ2) is 6.47. The zero-order valence-corrected chi connectivity index (χ0v) is 10.6. The van der Waals surface area contributed by atoms with Gasteiger partial charge in [0.15, 0.2) is 0 Å². The smallest absolute Gasteiger partial charge is 0.308 e. The molecule has 1 atom stereocenters. The van der Waals surface area contributed by atoms with E-state index in [0.717, 1.165) is 11.3 Å². The van der Waals surface area contributed by atoms with E-state index in [-0.39, 0.29) is 13.0 Å². The van der Waals surface area contributed by atoms with Crippen molar-refractivity contribution in [1.29, 1.82) is 0 Å². The van der Waals surface area contributed by atoms with Crippen LogP contribution in [0.2, 0.25) is 5.02 Å². The molecule has 1 aromatic carbocycles. The van der Waals surface area contributed by atoms with Gasteiger partial charge in [0.2, 0.25) is 0 Å². The standard InChI is InChI=1S/C12H16ClNO3/c1-8-10(13)4-3-5-11(8)14-7-9(15)6-12(16)17-2/h3-5,9,14-15H,6-7H2,1-2H3. The normalized spacial score (nSPS) is 12.0. The van der Waals surface area contributed by atoms with Gasteiger partial charge in [0, 0.05) is 17.3 Å². The molecule has 0 aromatic heterocycles. The third kappa shape index (κ3) is 4.24. The fraction of sp³-hybridized carbons (Fsp3) is 0.417. The quantitative estimate of drug-likeness (QED) is 0.792. The van der Waals surface area contributed by atoms with Gasteiger partial charge in [0.25, 0.3) is 0 Å². The summed E-state index contributed by atoms with van der Waals surface area (Å²) in [7, 11) is 1.30. The Kier molecular flexibility index (Phi) is 5.25. The molecular weight excluding hydrogens is 242 g/mol. The molecule has 94 valence electrons. The van der Waals surface area contributed by atoms with E-state index in [2.05, 4.69) is 10.1 Å². The third-order valence-corrected chi connectivity index (χ3v) is 2.84. The molecule has 4 nitrogen and oxygen atoms in total. The Balaban J connectivity index is 2.50. The van der Waals surface area contributed by atoms with Gasteiger partial charge < -0.3 is 15.2 Å². The van der Waals surface area contributed by atoms with Crippen molar-refractivity contribution in [3.05, 3.63) is 28.8 Å². The average Bonchev–Trinajstić information content (AvgIpc) is 2.31. The lowest BCUT2D eigenvalue weighted by Crippen LogP contribution is -2.23. The number of anilines is 1. The number of hydrogen-bond acceptors (Lipinski definition) is 4. The first-order valence-corrected chi connectivity index (χ1v) is 5.66. The van der Waals surface area contributed by atoms with E-state index in [1.165, 1.54) is 7.11 Å². The maximum Gasteiger partial charge on any atom is 0.308 e. The summed E-state index contributed by atoms with van der Waals surface area (Å²) in [6.07, 6.45) is -0.802. The van der Waals surface area contributed by atoms with E-state index in [4.69, 9.17) is 11.6 Å². The number of rotatable bonds is 5. The molecule has 0 saturated carbocycles. The lowest BCUT2D eigenvalue weighted by molar-refractivity contribution is -0.142. The molecule has 0 aliphatic carbocycles. The van der Waals surface area contributed by atoms with Crippen LogP contribution in [0, 0.1) is 6.92 Å². The van der Waals surface area contributed by atoms with Crippen LogP contribution in [-0.2, 0) is 9.53 Å². The van der Waals surface area contributed by atoms with E-state index < -0.39 is 12.1 Å². The van der Waals surface area contributed by atoms with Gasteiger partial charge in [-0.25, -0.2) is 0 Å². The Bertz CT molecular complexity index is 395. The monoisotopic (exact) mass is 257 g/mol. The number of carbonyl (C=O) groups is 1. The van der Waals surface area contributed by atoms with Crippen molar-refractivity contribution in [2.45, 2.75) is 19.4 Å². The van der Waals surface area contributed by atoms with Crippen molar-refractivity contribution in [2.24, 2.45) is 0 Å². The Morgan fingerprint density at radius 2 is 2.29 bits per heavy atom. The number of ether oxygens (including phenoxy) is 1. The molecule has 0 saturated heterocycles. The summed E-state index contributed by atoms with van der Waals surface area (Å²) in [5.41, 5.74) is 1.76. The molecule has 1 rings (SSSR count).